The molecule has 0 atom stereocenters. The summed E-state index contributed by atoms with van der Waals surface area (Å²) in [6.45, 7) is 1.86. The molecule has 0 bridgehead atoms. The molecule has 0 N–H and O–H groups in total. The number of hydrogen-bond acceptors (Lipinski definition) is 5. The quantitative estimate of drug-likeness (QED) is 0.827. The van der Waals surface area contributed by atoms with Gasteiger partial charge in [0.15, 0.2) is 0 Å². The Labute approximate surface area is 119 Å². The zero-order valence-electron chi connectivity index (χ0n) is 11.3. The van der Waals surface area contributed by atoms with Gasteiger partial charge >= 0.3 is 0 Å². The first-order chi connectivity index (χ1) is 9.54. The first-order valence-corrected chi connectivity index (χ1v) is 7.88. The fourth-order valence-corrected chi connectivity index (χ4v) is 3.36. The number of pyridine rings is 1. The van der Waals surface area contributed by atoms with E-state index in [2.05, 4.69) is 4.98 Å². The maximum Gasteiger partial charge on any atom is 0.244 e. The van der Waals surface area contributed by atoms with Crippen molar-refractivity contribution < 1.29 is 13.2 Å². The molecule has 108 valence electrons. The summed E-state index contributed by atoms with van der Waals surface area (Å²) in [6, 6.07) is 4.70. The second-order valence-corrected chi connectivity index (χ2v) is 6.88. The van der Waals surface area contributed by atoms with Crippen LogP contribution in [0.25, 0.3) is 0 Å². The number of nitriles is 1. The number of sulfonamides is 1. The Hall–Kier alpha value is -1.49. The summed E-state index contributed by atoms with van der Waals surface area (Å²) in [7, 11) is -1.97. The van der Waals surface area contributed by atoms with Crippen molar-refractivity contribution in [1.82, 2.24) is 9.29 Å². The highest BCUT2D eigenvalue weighted by atomic mass is 32.2. The first kappa shape index (κ1) is 14.9. The average Bonchev–Trinajstić information content (AvgIpc) is 2.48. The number of rotatable bonds is 4. The van der Waals surface area contributed by atoms with Crippen molar-refractivity contribution in [3.63, 3.8) is 0 Å². The molecular formula is C13H17N3O3S. The lowest BCUT2D eigenvalue weighted by Crippen LogP contribution is -2.34. The standard InChI is InChI=1S/C13H17N3O3S/c1-16(10-11-4-6-19-7-5-11)20(17,18)13-3-2-12(8-14)15-9-13/h2-3,9,11H,4-7,10H2,1H3. The molecule has 1 fully saturated rings. The molecular weight excluding hydrogens is 278 g/mol. The van der Waals surface area contributed by atoms with E-state index in [1.807, 2.05) is 6.07 Å². The van der Waals surface area contributed by atoms with Gasteiger partial charge in [-0.2, -0.15) is 5.26 Å². The normalized spacial score (nSPS) is 17.1. The molecule has 1 aromatic heterocycles. The molecule has 0 saturated carbocycles. The molecule has 7 heteroatoms. The molecule has 2 heterocycles. The molecule has 0 spiro atoms. The SMILES string of the molecule is CN(CC1CCOCC1)S(=O)(=O)c1ccc(C#N)nc1. The molecule has 0 aliphatic carbocycles. The molecule has 2 rings (SSSR count). The van der Waals surface area contributed by atoms with E-state index in [4.69, 9.17) is 10.00 Å². The zero-order valence-corrected chi connectivity index (χ0v) is 12.1. The van der Waals surface area contributed by atoms with Crippen LogP contribution in [-0.4, -0.2) is 44.5 Å². The maximum absolute atomic E-state index is 12.4. The van der Waals surface area contributed by atoms with Gasteiger partial charge in [0.2, 0.25) is 10.0 Å². The number of nitrogens with zero attached hydrogens (tertiary/aromatic N) is 3. The summed E-state index contributed by atoms with van der Waals surface area (Å²) in [6.07, 6.45) is 2.99. The van der Waals surface area contributed by atoms with Gasteiger partial charge in [-0.15, -0.1) is 0 Å². The van der Waals surface area contributed by atoms with Crippen LogP contribution in [0.2, 0.25) is 0 Å². The van der Waals surface area contributed by atoms with Crippen LogP contribution in [0.5, 0.6) is 0 Å². The highest BCUT2D eigenvalue weighted by Gasteiger charge is 2.25. The van der Waals surface area contributed by atoms with Gasteiger partial charge in [0, 0.05) is 33.0 Å². The molecule has 1 saturated heterocycles. The van der Waals surface area contributed by atoms with Crippen LogP contribution in [0.4, 0.5) is 0 Å². The third-order valence-electron chi connectivity index (χ3n) is 3.42. The molecule has 1 aromatic rings. The van der Waals surface area contributed by atoms with Crippen molar-refractivity contribution in [2.75, 3.05) is 26.8 Å². The summed E-state index contributed by atoms with van der Waals surface area (Å²) >= 11 is 0. The summed E-state index contributed by atoms with van der Waals surface area (Å²) in [5.41, 5.74) is 0.205. The third kappa shape index (κ3) is 3.33. The maximum atomic E-state index is 12.4. The molecule has 0 aromatic carbocycles. The van der Waals surface area contributed by atoms with E-state index in [-0.39, 0.29) is 10.6 Å². The van der Waals surface area contributed by atoms with Gasteiger partial charge in [0.25, 0.3) is 0 Å². The van der Waals surface area contributed by atoms with E-state index in [9.17, 15) is 8.42 Å². The molecule has 1 aliphatic rings. The molecule has 1 aliphatic heterocycles. The van der Waals surface area contributed by atoms with Gasteiger partial charge in [-0.1, -0.05) is 0 Å². The Morgan fingerprint density at radius 3 is 2.70 bits per heavy atom. The minimum atomic E-state index is -3.54. The zero-order chi connectivity index (χ0) is 14.6. The fraction of sp³-hybridized carbons (Fsp3) is 0.538. The lowest BCUT2D eigenvalue weighted by molar-refractivity contribution is 0.0620. The van der Waals surface area contributed by atoms with Crippen LogP contribution in [0, 0.1) is 17.2 Å². The molecule has 0 unspecified atom stereocenters. The van der Waals surface area contributed by atoms with Crippen LogP contribution in [-0.2, 0) is 14.8 Å². The van der Waals surface area contributed by atoms with Crippen LogP contribution < -0.4 is 0 Å². The second kappa shape index (κ2) is 6.31. The van der Waals surface area contributed by atoms with E-state index in [1.54, 1.807) is 7.05 Å². The fourth-order valence-electron chi connectivity index (χ4n) is 2.17. The summed E-state index contributed by atoms with van der Waals surface area (Å²) in [5.74, 6) is 0.329. The molecule has 6 nitrogen and oxygen atoms in total. The van der Waals surface area contributed by atoms with Crippen molar-refractivity contribution in [1.29, 1.82) is 5.26 Å². The van der Waals surface area contributed by atoms with Crippen LogP contribution in [0.15, 0.2) is 23.2 Å². The number of aromatic nitrogens is 1. The highest BCUT2D eigenvalue weighted by molar-refractivity contribution is 7.89. The van der Waals surface area contributed by atoms with Gasteiger partial charge in [-0.05, 0) is 30.9 Å². The van der Waals surface area contributed by atoms with Gasteiger partial charge < -0.3 is 4.74 Å². The summed E-state index contributed by atoms with van der Waals surface area (Å²) < 4.78 is 31.4. The highest BCUT2D eigenvalue weighted by Crippen LogP contribution is 2.20. The van der Waals surface area contributed by atoms with Gasteiger partial charge in [0.1, 0.15) is 16.7 Å². The monoisotopic (exact) mass is 295 g/mol. The molecule has 0 amide bonds. The first-order valence-electron chi connectivity index (χ1n) is 6.44. The van der Waals surface area contributed by atoms with Crippen molar-refractivity contribution in [3.05, 3.63) is 24.0 Å². The van der Waals surface area contributed by atoms with Gasteiger partial charge in [-0.25, -0.2) is 17.7 Å². The number of ether oxygens (including phenoxy) is 1. The predicted octanol–water partition coefficient (Wildman–Crippen LogP) is 1.00. The Kier molecular flexibility index (Phi) is 4.70. The van der Waals surface area contributed by atoms with Crippen molar-refractivity contribution in [3.8, 4) is 6.07 Å². The number of hydrogen-bond donors (Lipinski definition) is 0. The Morgan fingerprint density at radius 2 is 2.15 bits per heavy atom. The summed E-state index contributed by atoms with van der Waals surface area (Å²) in [5, 5.41) is 8.67. The second-order valence-electron chi connectivity index (χ2n) is 4.83. The van der Waals surface area contributed by atoms with E-state index in [0.717, 1.165) is 12.8 Å². The van der Waals surface area contributed by atoms with Crippen LogP contribution >= 0.6 is 0 Å². The van der Waals surface area contributed by atoms with E-state index < -0.39 is 10.0 Å². The van der Waals surface area contributed by atoms with Crippen LogP contribution in [0.1, 0.15) is 18.5 Å². The average molecular weight is 295 g/mol. The van der Waals surface area contributed by atoms with Crippen molar-refractivity contribution in [2.24, 2.45) is 5.92 Å². The Morgan fingerprint density at radius 1 is 1.45 bits per heavy atom. The topological polar surface area (TPSA) is 83.3 Å². The lowest BCUT2D eigenvalue weighted by Gasteiger charge is -2.26. The van der Waals surface area contributed by atoms with Gasteiger partial charge in [-0.3, -0.25) is 0 Å². The third-order valence-corrected chi connectivity index (χ3v) is 5.22. The Balaban J connectivity index is 2.09. The van der Waals surface area contributed by atoms with Gasteiger partial charge in [0.05, 0.1) is 0 Å². The minimum absolute atomic E-state index is 0.117. The predicted molar refractivity (Wildman–Crippen MR) is 72.3 cm³/mol. The smallest absolute Gasteiger partial charge is 0.244 e. The van der Waals surface area contributed by atoms with E-state index >= 15 is 0 Å². The van der Waals surface area contributed by atoms with E-state index in [1.165, 1.54) is 22.6 Å². The molecule has 0 radical (unpaired) electrons. The van der Waals surface area contributed by atoms with Crippen molar-refractivity contribution >= 4 is 10.0 Å². The largest absolute Gasteiger partial charge is 0.381 e. The molecule has 20 heavy (non-hydrogen) atoms. The Bertz CT molecular complexity index is 586. The van der Waals surface area contributed by atoms with Crippen molar-refractivity contribution in [2.45, 2.75) is 17.7 Å². The minimum Gasteiger partial charge on any atom is -0.381 e. The summed E-state index contributed by atoms with van der Waals surface area (Å²) in [4.78, 5) is 3.92. The van der Waals surface area contributed by atoms with Crippen LogP contribution in [0.3, 0.4) is 0 Å². The van der Waals surface area contributed by atoms with E-state index in [0.29, 0.717) is 25.7 Å². The lowest BCUT2D eigenvalue weighted by atomic mass is 10.0.